The summed E-state index contributed by atoms with van der Waals surface area (Å²) in [5.41, 5.74) is 1.01. The highest BCUT2D eigenvalue weighted by Crippen LogP contribution is 2.36. The smallest absolute Gasteiger partial charge is 0.416 e. The maximum Gasteiger partial charge on any atom is 0.416 e. The van der Waals surface area contributed by atoms with Crippen molar-refractivity contribution in [2.45, 2.75) is 32.4 Å². The second-order valence-electron chi connectivity index (χ2n) is 6.61. The van der Waals surface area contributed by atoms with Gasteiger partial charge in [-0.3, -0.25) is 4.79 Å². The quantitative estimate of drug-likeness (QED) is 0.456. The van der Waals surface area contributed by atoms with Crippen LogP contribution in [0.25, 0.3) is 11.3 Å². The zero-order valence-corrected chi connectivity index (χ0v) is 16.4. The van der Waals surface area contributed by atoms with Gasteiger partial charge in [-0.15, -0.1) is 0 Å². The van der Waals surface area contributed by atoms with Gasteiger partial charge >= 0.3 is 6.18 Å². The number of nitrogens with one attached hydrogen (secondary N) is 1. The van der Waals surface area contributed by atoms with Crippen molar-refractivity contribution in [1.82, 2.24) is 0 Å². The molecule has 0 atom stereocenters. The van der Waals surface area contributed by atoms with Crippen molar-refractivity contribution >= 4 is 23.2 Å². The molecule has 0 aliphatic carbocycles. The molecule has 3 nitrogen and oxygen atoms in total. The van der Waals surface area contributed by atoms with Crippen molar-refractivity contribution in [2.75, 3.05) is 5.32 Å². The maximum absolute atomic E-state index is 13.0. The summed E-state index contributed by atoms with van der Waals surface area (Å²) >= 11 is 6.02. The highest BCUT2D eigenvalue weighted by molar-refractivity contribution is 6.33. The minimum absolute atomic E-state index is 0.0245. The molecule has 0 saturated carbocycles. The largest absolute Gasteiger partial charge is 0.451 e. The van der Waals surface area contributed by atoms with E-state index in [1.165, 1.54) is 17.7 Å². The molecule has 2 aromatic carbocycles. The molecule has 1 aromatic heterocycles. The lowest BCUT2D eigenvalue weighted by Crippen LogP contribution is -2.10. The van der Waals surface area contributed by atoms with Gasteiger partial charge < -0.3 is 9.73 Å². The van der Waals surface area contributed by atoms with Crippen LogP contribution in [0.4, 0.5) is 18.9 Å². The lowest BCUT2D eigenvalue weighted by atomic mass is 10.1. The lowest BCUT2D eigenvalue weighted by molar-refractivity contribution is -0.137. The fourth-order valence-corrected chi connectivity index (χ4v) is 3.03. The van der Waals surface area contributed by atoms with Gasteiger partial charge in [-0.25, -0.2) is 0 Å². The topological polar surface area (TPSA) is 42.2 Å². The number of hydrogen-bond acceptors (Lipinski definition) is 2. The van der Waals surface area contributed by atoms with Crippen LogP contribution in [-0.2, 0) is 12.6 Å². The van der Waals surface area contributed by atoms with Gasteiger partial charge in [0.2, 0.25) is 0 Å². The maximum atomic E-state index is 13.0. The van der Waals surface area contributed by atoms with E-state index in [0.29, 0.717) is 5.69 Å². The van der Waals surface area contributed by atoms with Crippen molar-refractivity contribution in [2.24, 2.45) is 0 Å². The van der Waals surface area contributed by atoms with Gasteiger partial charge in [-0.05, 0) is 60.9 Å². The number of hydrogen-bond donors (Lipinski definition) is 1. The Balaban J connectivity index is 1.75. The van der Waals surface area contributed by atoms with Crippen LogP contribution in [0, 0.1) is 0 Å². The minimum Gasteiger partial charge on any atom is -0.451 e. The molecule has 3 rings (SSSR count). The third-order valence-corrected chi connectivity index (χ3v) is 4.75. The van der Waals surface area contributed by atoms with E-state index in [9.17, 15) is 18.0 Å². The van der Waals surface area contributed by atoms with Gasteiger partial charge in [0, 0.05) is 11.3 Å². The number of carbonyl (C=O) groups excluding carboxylic acids is 1. The van der Waals surface area contributed by atoms with E-state index >= 15 is 0 Å². The average Bonchev–Trinajstić information content (AvgIpc) is 3.17. The van der Waals surface area contributed by atoms with Crippen LogP contribution in [0.3, 0.4) is 0 Å². The molecule has 1 heterocycles. The fourth-order valence-electron chi connectivity index (χ4n) is 2.82. The van der Waals surface area contributed by atoms with E-state index in [4.69, 9.17) is 16.0 Å². The van der Waals surface area contributed by atoms with Crippen LogP contribution in [-0.4, -0.2) is 5.91 Å². The predicted molar refractivity (Wildman–Crippen MR) is 107 cm³/mol. The Labute approximate surface area is 171 Å². The monoisotopic (exact) mass is 421 g/mol. The first-order chi connectivity index (χ1) is 13.8. The van der Waals surface area contributed by atoms with Crippen molar-refractivity contribution < 1.29 is 22.4 Å². The summed E-state index contributed by atoms with van der Waals surface area (Å²) in [5.74, 6) is -0.439. The number of halogens is 4. The molecule has 3 aromatic rings. The summed E-state index contributed by atoms with van der Waals surface area (Å²) in [5, 5.41) is 2.81. The highest BCUT2D eigenvalue weighted by Gasteiger charge is 2.31. The molecule has 0 aliphatic rings. The molecule has 0 saturated heterocycles. The summed E-state index contributed by atoms with van der Waals surface area (Å²) in [6.45, 7) is 2.12. The fraction of sp³-hybridized carbons (Fsp3) is 0.227. The molecule has 152 valence electrons. The number of furan rings is 1. The molecule has 0 bridgehead atoms. The van der Waals surface area contributed by atoms with Crippen LogP contribution in [0.15, 0.2) is 59.0 Å². The molecule has 29 heavy (non-hydrogen) atoms. The van der Waals surface area contributed by atoms with Gasteiger partial charge in [-0.1, -0.05) is 37.1 Å². The molecule has 1 amide bonds. The summed E-state index contributed by atoms with van der Waals surface area (Å²) in [7, 11) is 0. The summed E-state index contributed by atoms with van der Waals surface area (Å²) in [6, 6.07) is 13.3. The number of anilines is 1. The Kier molecular flexibility index (Phi) is 6.33. The van der Waals surface area contributed by atoms with Gasteiger partial charge in [0.1, 0.15) is 5.76 Å². The molecule has 0 unspecified atom stereocenters. The number of carbonyl (C=O) groups is 1. The highest BCUT2D eigenvalue weighted by atomic mass is 35.5. The summed E-state index contributed by atoms with van der Waals surface area (Å²) in [6.07, 6.45) is -1.33. The Morgan fingerprint density at radius 1 is 1.07 bits per heavy atom. The number of amides is 1. The van der Waals surface area contributed by atoms with Crippen LogP contribution in [0.1, 0.15) is 41.4 Å². The third kappa shape index (κ3) is 5.21. The van der Waals surface area contributed by atoms with Gasteiger partial charge in [0.15, 0.2) is 5.76 Å². The second-order valence-corrected chi connectivity index (χ2v) is 7.02. The molecule has 0 spiro atoms. The third-order valence-electron chi connectivity index (χ3n) is 4.42. The molecule has 0 fully saturated rings. The van der Waals surface area contributed by atoms with E-state index in [1.54, 1.807) is 12.1 Å². The van der Waals surface area contributed by atoms with E-state index in [-0.39, 0.29) is 22.1 Å². The Morgan fingerprint density at radius 2 is 1.79 bits per heavy atom. The van der Waals surface area contributed by atoms with Crippen molar-refractivity contribution in [3.63, 3.8) is 0 Å². The first-order valence-electron chi connectivity index (χ1n) is 9.15. The Hall–Kier alpha value is -2.73. The van der Waals surface area contributed by atoms with Gasteiger partial charge in [0.05, 0.1) is 10.6 Å². The number of benzene rings is 2. The van der Waals surface area contributed by atoms with Crippen molar-refractivity contribution in [1.29, 1.82) is 0 Å². The van der Waals surface area contributed by atoms with Crippen LogP contribution in [0.2, 0.25) is 5.02 Å². The molecule has 0 aliphatic heterocycles. The number of unbranched alkanes of at least 4 members (excludes halogenated alkanes) is 1. The predicted octanol–water partition coefficient (Wildman–Crippen LogP) is 7.21. The van der Waals surface area contributed by atoms with E-state index < -0.39 is 17.6 Å². The average molecular weight is 422 g/mol. The molecule has 7 heteroatoms. The number of aryl methyl sites for hydroxylation is 1. The van der Waals surface area contributed by atoms with Crippen molar-refractivity contribution in [3.8, 4) is 11.3 Å². The molecular weight excluding hydrogens is 403 g/mol. The standard InChI is InChI=1S/C22H19ClF3NO2/c1-2-3-4-14-5-8-16(9-6-14)27-21(28)20-12-11-19(29-20)17-13-15(22(24,25)26)7-10-18(17)23/h5-13H,2-4H2,1H3,(H,27,28). The Morgan fingerprint density at radius 3 is 2.45 bits per heavy atom. The molecular formula is C22H19ClF3NO2. The van der Waals surface area contributed by atoms with E-state index in [2.05, 4.69) is 12.2 Å². The van der Waals surface area contributed by atoms with E-state index in [1.807, 2.05) is 12.1 Å². The van der Waals surface area contributed by atoms with Crippen molar-refractivity contribution in [3.05, 3.63) is 76.5 Å². The minimum atomic E-state index is -4.50. The molecule has 1 N–H and O–H groups in total. The number of rotatable bonds is 6. The van der Waals surface area contributed by atoms with Crippen LogP contribution >= 0.6 is 11.6 Å². The SMILES string of the molecule is CCCCc1ccc(NC(=O)c2ccc(-c3cc(C(F)(F)F)ccc3Cl)o2)cc1. The second kappa shape index (κ2) is 8.74. The normalized spacial score (nSPS) is 11.5. The van der Waals surface area contributed by atoms with Gasteiger partial charge in [-0.2, -0.15) is 13.2 Å². The van der Waals surface area contributed by atoms with Crippen LogP contribution < -0.4 is 5.32 Å². The summed E-state index contributed by atoms with van der Waals surface area (Å²) in [4.78, 5) is 12.4. The zero-order chi connectivity index (χ0) is 21.0. The summed E-state index contributed by atoms with van der Waals surface area (Å²) < 4.78 is 44.3. The first-order valence-corrected chi connectivity index (χ1v) is 9.53. The van der Waals surface area contributed by atoms with E-state index in [0.717, 1.165) is 37.5 Å². The molecule has 0 radical (unpaired) electrons. The lowest BCUT2D eigenvalue weighted by Gasteiger charge is -2.09. The number of alkyl halides is 3. The Bertz CT molecular complexity index is 994. The van der Waals surface area contributed by atoms with Crippen LogP contribution in [0.5, 0.6) is 0 Å². The van der Waals surface area contributed by atoms with Gasteiger partial charge in [0.25, 0.3) is 5.91 Å². The zero-order valence-electron chi connectivity index (χ0n) is 15.6. The first kappa shape index (κ1) is 21.0.